The van der Waals surface area contributed by atoms with Crippen LogP contribution in [0.3, 0.4) is 0 Å². The molecule has 0 saturated carbocycles. The number of aromatic nitrogens is 2. The molecule has 34 heavy (non-hydrogen) atoms. The minimum absolute atomic E-state index is 0.0149. The van der Waals surface area contributed by atoms with Crippen LogP contribution in [0.1, 0.15) is 66.8 Å². The molecule has 0 fully saturated rings. The third-order valence-electron chi connectivity index (χ3n) is 6.24. The first-order valence-corrected chi connectivity index (χ1v) is 11.8. The van der Waals surface area contributed by atoms with Gasteiger partial charge < -0.3 is 5.11 Å². The second-order valence-electron chi connectivity index (χ2n) is 9.00. The van der Waals surface area contributed by atoms with Gasteiger partial charge in [0.2, 0.25) is 0 Å². The van der Waals surface area contributed by atoms with Gasteiger partial charge in [0, 0.05) is 6.42 Å². The molecule has 0 aliphatic carbocycles. The van der Waals surface area contributed by atoms with E-state index in [4.69, 9.17) is 4.98 Å². The van der Waals surface area contributed by atoms with Crippen LogP contribution in [0.4, 0.5) is 0 Å². The number of carboxylic acid groups (broad SMARTS) is 1. The molecule has 0 unspecified atom stereocenters. The van der Waals surface area contributed by atoms with Crippen molar-refractivity contribution in [3.05, 3.63) is 99.6 Å². The van der Waals surface area contributed by atoms with Gasteiger partial charge in [-0.2, -0.15) is 0 Å². The molecule has 0 amide bonds. The van der Waals surface area contributed by atoms with Crippen LogP contribution in [0.15, 0.2) is 71.5 Å². The molecule has 0 aliphatic rings. The normalized spacial score (nSPS) is 11.3. The first kappa shape index (κ1) is 23.4. The van der Waals surface area contributed by atoms with Gasteiger partial charge in [-0.15, -0.1) is 0 Å². The van der Waals surface area contributed by atoms with E-state index in [2.05, 4.69) is 26.8 Å². The monoisotopic (exact) mass is 454 g/mol. The SMILES string of the molecule is CCCCc1nc2ccc(C(C)C)cc2c(=O)n1Cc1ccc(-c2ccccc2C(=O)O)cc1. The molecule has 4 rings (SSSR count). The summed E-state index contributed by atoms with van der Waals surface area (Å²) in [5.74, 6) is 0.185. The van der Waals surface area contributed by atoms with E-state index in [1.165, 1.54) is 0 Å². The first-order valence-electron chi connectivity index (χ1n) is 11.8. The number of unbranched alkanes of at least 4 members (excludes halogenated alkanes) is 1. The Morgan fingerprint density at radius 1 is 1.03 bits per heavy atom. The van der Waals surface area contributed by atoms with Gasteiger partial charge in [-0.05, 0) is 52.8 Å². The number of hydrogen-bond donors (Lipinski definition) is 1. The van der Waals surface area contributed by atoms with Gasteiger partial charge in [-0.25, -0.2) is 9.78 Å². The summed E-state index contributed by atoms with van der Waals surface area (Å²) in [5, 5.41) is 10.2. The molecule has 0 aliphatic heterocycles. The largest absolute Gasteiger partial charge is 0.478 e. The molecule has 0 bridgehead atoms. The summed E-state index contributed by atoms with van der Waals surface area (Å²) in [4.78, 5) is 30.0. The lowest BCUT2D eigenvalue weighted by molar-refractivity contribution is 0.0697. The van der Waals surface area contributed by atoms with Gasteiger partial charge in [0.1, 0.15) is 5.82 Å². The van der Waals surface area contributed by atoms with Crippen LogP contribution in [0, 0.1) is 0 Å². The second-order valence-corrected chi connectivity index (χ2v) is 9.00. The molecule has 174 valence electrons. The lowest BCUT2D eigenvalue weighted by Crippen LogP contribution is -2.26. The topological polar surface area (TPSA) is 72.2 Å². The zero-order chi connectivity index (χ0) is 24.2. The van der Waals surface area contributed by atoms with E-state index < -0.39 is 5.97 Å². The Bertz CT molecular complexity index is 1390. The van der Waals surface area contributed by atoms with Crippen molar-refractivity contribution in [2.24, 2.45) is 0 Å². The van der Waals surface area contributed by atoms with Gasteiger partial charge in [0.25, 0.3) is 5.56 Å². The van der Waals surface area contributed by atoms with Crippen molar-refractivity contribution in [3.63, 3.8) is 0 Å². The Hall–Kier alpha value is -3.73. The van der Waals surface area contributed by atoms with Crippen molar-refractivity contribution >= 4 is 16.9 Å². The van der Waals surface area contributed by atoms with E-state index in [0.29, 0.717) is 23.4 Å². The average molecular weight is 455 g/mol. The Labute approximate surface area is 199 Å². The number of nitrogens with zero attached hydrogens (tertiary/aromatic N) is 2. The van der Waals surface area contributed by atoms with E-state index in [-0.39, 0.29) is 11.1 Å². The maximum Gasteiger partial charge on any atom is 0.336 e. The number of rotatable bonds is 8. The summed E-state index contributed by atoms with van der Waals surface area (Å²) in [7, 11) is 0. The molecule has 1 N–H and O–H groups in total. The smallest absolute Gasteiger partial charge is 0.336 e. The zero-order valence-electron chi connectivity index (χ0n) is 19.9. The van der Waals surface area contributed by atoms with Gasteiger partial charge in [-0.3, -0.25) is 9.36 Å². The Kier molecular flexibility index (Phi) is 6.92. The predicted octanol–water partition coefficient (Wildman–Crippen LogP) is 6.28. The van der Waals surface area contributed by atoms with Crippen LogP contribution in [-0.2, 0) is 13.0 Å². The van der Waals surface area contributed by atoms with E-state index >= 15 is 0 Å². The third kappa shape index (κ3) is 4.79. The molecule has 0 saturated heterocycles. The highest BCUT2D eigenvalue weighted by Crippen LogP contribution is 2.25. The van der Waals surface area contributed by atoms with E-state index in [1.54, 1.807) is 16.7 Å². The molecule has 5 heteroatoms. The fraction of sp³-hybridized carbons (Fsp3) is 0.276. The molecule has 4 aromatic rings. The molecule has 5 nitrogen and oxygen atoms in total. The number of carboxylic acids is 1. The molecule has 1 aromatic heterocycles. The van der Waals surface area contributed by atoms with Crippen molar-refractivity contribution in [2.75, 3.05) is 0 Å². The van der Waals surface area contributed by atoms with Crippen LogP contribution in [0.25, 0.3) is 22.0 Å². The van der Waals surface area contributed by atoms with Crippen molar-refractivity contribution in [1.82, 2.24) is 9.55 Å². The molecular formula is C29H30N2O3. The van der Waals surface area contributed by atoms with E-state index in [9.17, 15) is 14.7 Å². The van der Waals surface area contributed by atoms with Gasteiger partial charge >= 0.3 is 5.97 Å². The Balaban J connectivity index is 1.74. The quantitative estimate of drug-likeness (QED) is 0.340. The Morgan fingerprint density at radius 2 is 1.76 bits per heavy atom. The maximum absolute atomic E-state index is 13.6. The van der Waals surface area contributed by atoms with Gasteiger partial charge in [0.15, 0.2) is 0 Å². The fourth-order valence-electron chi connectivity index (χ4n) is 4.23. The summed E-state index contributed by atoms with van der Waals surface area (Å²) >= 11 is 0. The number of fused-ring (bicyclic) bond motifs is 1. The standard InChI is InChI=1S/C29H30N2O3/c1-4-5-10-27-30-26-16-15-22(19(2)3)17-25(26)28(32)31(27)18-20-11-13-21(14-12-20)23-8-6-7-9-24(23)29(33)34/h6-9,11-17,19H,4-5,10,18H2,1-3H3,(H,33,34). The summed E-state index contributed by atoms with van der Waals surface area (Å²) in [6, 6.07) is 20.7. The summed E-state index contributed by atoms with van der Waals surface area (Å²) in [6.07, 6.45) is 2.74. The molecule has 0 atom stereocenters. The second kappa shape index (κ2) is 10.0. The van der Waals surface area contributed by atoms with Crippen LogP contribution in [0.5, 0.6) is 0 Å². The van der Waals surface area contributed by atoms with Crippen molar-refractivity contribution in [1.29, 1.82) is 0 Å². The third-order valence-corrected chi connectivity index (χ3v) is 6.24. The molecule has 3 aromatic carbocycles. The summed E-state index contributed by atoms with van der Waals surface area (Å²) < 4.78 is 1.79. The van der Waals surface area contributed by atoms with E-state index in [0.717, 1.165) is 47.3 Å². The van der Waals surface area contributed by atoms with Crippen molar-refractivity contribution in [3.8, 4) is 11.1 Å². The van der Waals surface area contributed by atoms with Crippen LogP contribution in [0.2, 0.25) is 0 Å². The number of aryl methyl sites for hydroxylation is 1. The van der Waals surface area contributed by atoms with Crippen LogP contribution >= 0.6 is 0 Å². The molecule has 0 radical (unpaired) electrons. The lowest BCUT2D eigenvalue weighted by Gasteiger charge is -2.15. The lowest BCUT2D eigenvalue weighted by atomic mass is 9.98. The summed E-state index contributed by atoms with van der Waals surface area (Å²) in [6.45, 7) is 6.79. The highest BCUT2D eigenvalue weighted by molar-refractivity contribution is 5.96. The minimum Gasteiger partial charge on any atom is -0.478 e. The zero-order valence-corrected chi connectivity index (χ0v) is 19.9. The van der Waals surface area contributed by atoms with Crippen LogP contribution < -0.4 is 5.56 Å². The van der Waals surface area contributed by atoms with Crippen LogP contribution in [-0.4, -0.2) is 20.6 Å². The Morgan fingerprint density at radius 3 is 2.44 bits per heavy atom. The highest BCUT2D eigenvalue weighted by Gasteiger charge is 2.14. The van der Waals surface area contributed by atoms with E-state index in [1.807, 2.05) is 48.5 Å². The van der Waals surface area contributed by atoms with Crippen molar-refractivity contribution in [2.45, 2.75) is 52.5 Å². The molecule has 1 heterocycles. The number of aromatic carboxylic acids is 1. The summed E-state index contributed by atoms with van der Waals surface area (Å²) in [5.41, 5.74) is 4.61. The average Bonchev–Trinajstić information content (AvgIpc) is 2.84. The van der Waals surface area contributed by atoms with Gasteiger partial charge in [-0.1, -0.05) is 75.7 Å². The highest BCUT2D eigenvalue weighted by atomic mass is 16.4. The number of benzene rings is 3. The first-order chi connectivity index (χ1) is 16.4. The predicted molar refractivity (Wildman–Crippen MR) is 137 cm³/mol. The number of carbonyl (C=O) groups is 1. The van der Waals surface area contributed by atoms with Gasteiger partial charge in [0.05, 0.1) is 23.0 Å². The number of hydrogen-bond acceptors (Lipinski definition) is 3. The maximum atomic E-state index is 13.6. The minimum atomic E-state index is -0.949. The van der Waals surface area contributed by atoms with Crippen molar-refractivity contribution < 1.29 is 9.90 Å². The fourth-order valence-corrected chi connectivity index (χ4v) is 4.23. The molecular weight excluding hydrogens is 424 g/mol. The molecule has 0 spiro atoms.